The summed E-state index contributed by atoms with van der Waals surface area (Å²) in [5.74, 6) is 3.69. The van der Waals surface area contributed by atoms with Crippen molar-refractivity contribution in [2.75, 3.05) is 18.5 Å². The highest BCUT2D eigenvalue weighted by molar-refractivity contribution is 6.67. The van der Waals surface area contributed by atoms with Crippen LogP contribution in [0.15, 0.2) is 43.3 Å². The van der Waals surface area contributed by atoms with Crippen LogP contribution >= 0.6 is 0 Å². The third-order valence-corrected chi connectivity index (χ3v) is 4.95. The third-order valence-electron chi connectivity index (χ3n) is 4.95. The molecule has 1 aliphatic rings. The number of nitrogens with zero attached hydrogens (tertiary/aromatic N) is 3. The zero-order valence-corrected chi connectivity index (χ0v) is 16.8. The van der Waals surface area contributed by atoms with Crippen LogP contribution < -0.4 is 10.2 Å². The summed E-state index contributed by atoms with van der Waals surface area (Å²) in [6.07, 6.45) is 7.70. The van der Waals surface area contributed by atoms with E-state index in [1.165, 1.54) is 5.56 Å². The van der Waals surface area contributed by atoms with Crippen molar-refractivity contribution < 1.29 is 0 Å². The molecule has 4 nitrogen and oxygen atoms in total. The molecule has 140 valence electrons. The van der Waals surface area contributed by atoms with Crippen LogP contribution in [0.25, 0.3) is 0 Å². The maximum absolute atomic E-state index is 9.09. The van der Waals surface area contributed by atoms with Gasteiger partial charge in [-0.25, -0.2) is 10.2 Å². The van der Waals surface area contributed by atoms with E-state index >= 15 is 0 Å². The molecule has 26 heavy (non-hydrogen) atoms. The van der Waals surface area contributed by atoms with Crippen molar-refractivity contribution in [3.05, 3.63) is 48.8 Å². The molecule has 0 amide bonds. The van der Waals surface area contributed by atoms with Crippen LogP contribution in [0.5, 0.6) is 0 Å². The molecule has 0 spiro atoms. The number of allylic oxidation sites excluding steroid dienone is 2. The minimum absolute atomic E-state index is 0.181. The van der Waals surface area contributed by atoms with Gasteiger partial charge >= 0.3 is 0 Å². The van der Waals surface area contributed by atoms with Crippen LogP contribution in [-0.4, -0.2) is 31.3 Å². The lowest BCUT2D eigenvalue weighted by Crippen LogP contribution is -2.43. The van der Waals surface area contributed by atoms with Gasteiger partial charge in [0.1, 0.15) is 5.82 Å². The maximum atomic E-state index is 9.09. The van der Waals surface area contributed by atoms with Gasteiger partial charge in [-0.3, -0.25) is 0 Å². The van der Waals surface area contributed by atoms with Crippen LogP contribution in [0.3, 0.4) is 0 Å². The second kappa shape index (κ2) is 11.4. The molecular formula is C21H33BN4. The zero-order chi connectivity index (χ0) is 19.5. The molecule has 2 unspecified atom stereocenters. The Hall–Kier alpha value is -2.22. The first-order chi connectivity index (χ1) is 12.6. The Morgan fingerprint density at radius 3 is 2.77 bits per heavy atom. The lowest BCUT2D eigenvalue weighted by molar-refractivity contribution is 0.660. The van der Waals surface area contributed by atoms with Crippen molar-refractivity contribution in [3.8, 4) is 5.97 Å². The number of rotatable bonds is 7. The SMILES string of the molecule is C=CC(CCC(=C)NC)c1ccc(N2CCB(C#N)CC2C)nc1.CC. The molecule has 0 aliphatic carbocycles. The summed E-state index contributed by atoms with van der Waals surface area (Å²) in [5.41, 5.74) is 2.23. The number of nitrogens with one attached hydrogen (secondary N) is 1. The fourth-order valence-corrected chi connectivity index (χ4v) is 3.29. The molecule has 1 aromatic rings. The average molecular weight is 352 g/mol. The molecule has 1 aromatic heterocycles. The van der Waals surface area contributed by atoms with E-state index in [4.69, 9.17) is 5.26 Å². The molecule has 1 N–H and O–H groups in total. The van der Waals surface area contributed by atoms with Gasteiger partial charge in [0.25, 0.3) is 6.71 Å². The van der Waals surface area contributed by atoms with Gasteiger partial charge < -0.3 is 10.2 Å². The van der Waals surface area contributed by atoms with Gasteiger partial charge in [0, 0.05) is 43.4 Å². The van der Waals surface area contributed by atoms with Crippen molar-refractivity contribution in [3.63, 3.8) is 0 Å². The number of hydrogen-bond acceptors (Lipinski definition) is 4. The van der Waals surface area contributed by atoms with E-state index in [9.17, 15) is 0 Å². The standard InChI is InChI=1S/C19H27BN4.C2H6/c1-5-17(7-6-15(2)22-4)18-8-9-19(23-13-18)24-11-10-20(14-21)12-16(24)3;1-2/h5,8-9,13,16-17,22H,1-2,6-7,10-12H2,3-4H3;1-2H3. The number of pyridine rings is 1. The van der Waals surface area contributed by atoms with E-state index in [0.29, 0.717) is 12.0 Å². The first-order valence-electron chi connectivity index (χ1n) is 9.69. The first-order valence-corrected chi connectivity index (χ1v) is 9.69. The molecule has 0 radical (unpaired) electrons. The highest BCUT2D eigenvalue weighted by Gasteiger charge is 2.29. The predicted molar refractivity (Wildman–Crippen MR) is 114 cm³/mol. The molecule has 0 aromatic carbocycles. The monoisotopic (exact) mass is 352 g/mol. The summed E-state index contributed by atoms with van der Waals surface area (Å²) in [6, 6.07) is 4.61. The maximum Gasteiger partial charge on any atom is 0.271 e. The first kappa shape index (κ1) is 21.8. The third kappa shape index (κ3) is 5.95. The summed E-state index contributed by atoms with van der Waals surface area (Å²) in [4.78, 5) is 6.99. The summed E-state index contributed by atoms with van der Waals surface area (Å²) < 4.78 is 0. The Balaban J connectivity index is 0.00000163. The van der Waals surface area contributed by atoms with Crippen LogP contribution in [0, 0.1) is 11.2 Å². The van der Waals surface area contributed by atoms with Gasteiger partial charge in [0.05, 0.1) is 0 Å². The molecule has 5 heteroatoms. The Morgan fingerprint density at radius 1 is 1.54 bits per heavy atom. The minimum atomic E-state index is 0.181. The van der Waals surface area contributed by atoms with Gasteiger partial charge in [-0.15, -0.1) is 6.58 Å². The number of anilines is 1. The van der Waals surface area contributed by atoms with Crippen molar-refractivity contribution in [1.82, 2.24) is 10.3 Å². The van der Waals surface area contributed by atoms with Gasteiger partial charge in [-0.2, -0.15) is 0 Å². The van der Waals surface area contributed by atoms with Crippen LogP contribution in [0.1, 0.15) is 45.1 Å². The number of aromatic nitrogens is 1. The molecular weight excluding hydrogens is 319 g/mol. The van der Waals surface area contributed by atoms with Crippen molar-refractivity contribution in [2.24, 2.45) is 0 Å². The average Bonchev–Trinajstić information content (AvgIpc) is 2.70. The summed E-state index contributed by atoms with van der Waals surface area (Å²) in [5, 5.41) is 12.2. The molecule has 0 saturated carbocycles. The Labute approximate surface area is 160 Å². The highest BCUT2D eigenvalue weighted by atomic mass is 15.2. The minimum Gasteiger partial charge on any atom is -0.392 e. The zero-order valence-electron chi connectivity index (χ0n) is 16.8. The topological polar surface area (TPSA) is 52.0 Å². The van der Waals surface area contributed by atoms with E-state index in [1.807, 2.05) is 33.2 Å². The van der Waals surface area contributed by atoms with Crippen molar-refractivity contribution in [2.45, 2.75) is 58.2 Å². The van der Waals surface area contributed by atoms with Gasteiger partial charge in [0.2, 0.25) is 0 Å². The fourth-order valence-electron chi connectivity index (χ4n) is 3.29. The normalized spacial score (nSPS) is 17.4. The van der Waals surface area contributed by atoms with E-state index < -0.39 is 0 Å². The van der Waals surface area contributed by atoms with E-state index in [-0.39, 0.29) is 6.71 Å². The van der Waals surface area contributed by atoms with Gasteiger partial charge in [0.15, 0.2) is 0 Å². The van der Waals surface area contributed by atoms with Gasteiger partial charge in [-0.1, -0.05) is 32.6 Å². The predicted octanol–water partition coefficient (Wildman–Crippen LogP) is 4.66. The highest BCUT2D eigenvalue weighted by Crippen LogP contribution is 2.27. The molecule has 1 aliphatic heterocycles. The van der Waals surface area contributed by atoms with E-state index in [0.717, 1.165) is 43.5 Å². The summed E-state index contributed by atoms with van der Waals surface area (Å²) in [6.45, 7) is 15.2. The van der Waals surface area contributed by atoms with E-state index in [1.54, 1.807) is 0 Å². The molecule has 0 bridgehead atoms. The van der Waals surface area contributed by atoms with Crippen LogP contribution in [0.2, 0.25) is 12.6 Å². The second-order valence-electron chi connectivity index (χ2n) is 6.58. The van der Waals surface area contributed by atoms with Crippen molar-refractivity contribution >= 4 is 12.5 Å². The molecule has 2 atom stereocenters. The molecule has 2 rings (SSSR count). The van der Waals surface area contributed by atoms with E-state index in [2.05, 4.69) is 53.4 Å². The smallest absolute Gasteiger partial charge is 0.271 e. The molecule has 2 heterocycles. The van der Waals surface area contributed by atoms with Gasteiger partial charge in [-0.05, 0) is 44.0 Å². The second-order valence-corrected chi connectivity index (χ2v) is 6.58. The quantitative estimate of drug-likeness (QED) is 0.573. The molecule has 1 fully saturated rings. The largest absolute Gasteiger partial charge is 0.392 e. The lowest BCUT2D eigenvalue weighted by atomic mass is 9.44. The van der Waals surface area contributed by atoms with Crippen molar-refractivity contribution in [1.29, 1.82) is 5.26 Å². The summed E-state index contributed by atoms with van der Waals surface area (Å²) >= 11 is 0. The van der Waals surface area contributed by atoms with Crippen LogP contribution in [-0.2, 0) is 0 Å². The van der Waals surface area contributed by atoms with Crippen LogP contribution in [0.4, 0.5) is 5.82 Å². The number of hydrogen-bond donors (Lipinski definition) is 1. The summed E-state index contributed by atoms with van der Waals surface area (Å²) in [7, 11) is 1.90. The Kier molecular flexibility index (Phi) is 9.58. The Bertz CT molecular complexity index is 605. The Morgan fingerprint density at radius 2 is 2.27 bits per heavy atom. The lowest BCUT2D eigenvalue weighted by Gasteiger charge is -2.35. The number of nitriles is 1. The fraction of sp³-hybridized carbons (Fsp3) is 0.524. The molecule has 1 saturated heterocycles.